The maximum Gasteiger partial charge on any atom is 0.287 e. The lowest BCUT2D eigenvalue weighted by atomic mass is 10.3. The summed E-state index contributed by atoms with van der Waals surface area (Å²) in [4.78, 5) is 11.7. The van der Waals surface area contributed by atoms with Crippen molar-refractivity contribution < 1.29 is 36.2 Å². The fourth-order valence-electron chi connectivity index (χ4n) is 1.75. The highest BCUT2D eigenvalue weighted by Gasteiger charge is 2.21. The molecule has 0 aliphatic heterocycles. The molecule has 0 fully saturated rings. The van der Waals surface area contributed by atoms with Crippen LogP contribution in [0.15, 0.2) is 22.6 Å². The largest absolute Gasteiger partial charge is 0.479 e. The van der Waals surface area contributed by atoms with Gasteiger partial charge in [0.25, 0.3) is 5.91 Å². The molecule has 0 atom stereocenters. The summed E-state index contributed by atoms with van der Waals surface area (Å²) in [5.41, 5.74) is 0. The first-order valence-electron chi connectivity index (χ1n) is 6.75. The highest BCUT2D eigenvalue weighted by Crippen LogP contribution is 2.27. The molecule has 2 aromatic rings. The fraction of sp³-hybridized carbons (Fsp3) is 0.267. The smallest absolute Gasteiger partial charge is 0.287 e. The number of carbonyl (C=O) groups excluding carboxylic acids is 1. The summed E-state index contributed by atoms with van der Waals surface area (Å²) in [5, 5.41) is 2.50. The van der Waals surface area contributed by atoms with Crippen molar-refractivity contribution in [2.75, 3.05) is 20.3 Å². The molecule has 2 rings (SSSR count). The molecule has 24 heavy (non-hydrogen) atoms. The lowest BCUT2D eigenvalue weighted by Gasteiger charge is -2.08. The number of amides is 1. The zero-order valence-corrected chi connectivity index (χ0v) is 12.5. The van der Waals surface area contributed by atoms with E-state index in [-0.39, 0.29) is 24.1 Å². The van der Waals surface area contributed by atoms with Crippen LogP contribution in [0.25, 0.3) is 0 Å². The van der Waals surface area contributed by atoms with E-state index in [1.165, 1.54) is 19.2 Å². The second-order valence-corrected chi connectivity index (χ2v) is 4.60. The van der Waals surface area contributed by atoms with Gasteiger partial charge in [0.1, 0.15) is 12.4 Å². The van der Waals surface area contributed by atoms with E-state index in [9.17, 15) is 22.4 Å². The zero-order chi connectivity index (χ0) is 17.7. The molecule has 0 radical (unpaired) electrons. The summed E-state index contributed by atoms with van der Waals surface area (Å²) in [6, 6.07) is 2.73. The summed E-state index contributed by atoms with van der Waals surface area (Å²) in [6.45, 7) is 0.0506. The summed E-state index contributed by atoms with van der Waals surface area (Å²) in [7, 11) is 1.47. The molecule has 1 N–H and O–H groups in total. The van der Waals surface area contributed by atoms with Crippen LogP contribution in [-0.2, 0) is 11.3 Å². The normalized spacial score (nSPS) is 10.7. The quantitative estimate of drug-likeness (QED) is 0.475. The van der Waals surface area contributed by atoms with E-state index in [1.54, 1.807) is 0 Å². The van der Waals surface area contributed by atoms with Crippen LogP contribution in [0.1, 0.15) is 16.3 Å². The number of halogens is 4. The Morgan fingerprint density at radius 1 is 1.17 bits per heavy atom. The van der Waals surface area contributed by atoms with Gasteiger partial charge in [0.15, 0.2) is 23.1 Å². The molecule has 0 unspecified atom stereocenters. The molecular formula is C15H13F4NO4. The molecule has 1 aromatic heterocycles. The van der Waals surface area contributed by atoms with Crippen LogP contribution in [0, 0.1) is 23.3 Å². The van der Waals surface area contributed by atoms with Crippen molar-refractivity contribution in [2.45, 2.75) is 6.61 Å². The second kappa shape index (κ2) is 7.82. The van der Waals surface area contributed by atoms with Crippen molar-refractivity contribution in [3.8, 4) is 5.75 Å². The first kappa shape index (κ1) is 17.8. The summed E-state index contributed by atoms with van der Waals surface area (Å²) in [6.07, 6.45) is 0. The second-order valence-electron chi connectivity index (χ2n) is 4.60. The third-order valence-corrected chi connectivity index (χ3v) is 2.91. The Bertz CT molecular complexity index is 706. The molecule has 130 valence electrons. The first-order chi connectivity index (χ1) is 11.4. The van der Waals surface area contributed by atoms with Gasteiger partial charge in [-0.05, 0) is 12.1 Å². The van der Waals surface area contributed by atoms with Gasteiger partial charge in [-0.15, -0.1) is 0 Å². The highest BCUT2D eigenvalue weighted by atomic mass is 19.2. The van der Waals surface area contributed by atoms with Crippen molar-refractivity contribution in [1.29, 1.82) is 0 Å². The van der Waals surface area contributed by atoms with Crippen molar-refractivity contribution >= 4 is 5.91 Å². The number of rotatable bonds is 7. The van der Waals surface area contributed by atoms with Crippen LogP contribution in [0.5, 0.6) is 5.75 Å². The number of nitrogens with one attached hydrogen (secondary N) is 1. The van der Waals surface area contributed by atoms with Crippen LogP contribution in [-0.4, -0.2) is 26.2 Å². The Morgan fingerprint density at radius 2 is 1.83 bits per heavy atom. The minimum absolute atomic E-state index is 0.0374. The number of carbonyl (C=O) groups is 1. The topological polar surface area (TPSA) is 60.7 Å². The third kappa shape index (κ3) is 4.05. The average molecular weight is 347 g/mol. The Balaban J connectivity index is 2.03. The van der Waals surface area contributed by atoms with Crippen molar-refractivity contribution in [3.63, 3.8) is 0 Å². The van der Waals surface area contributed by atoms with Gasteiger partial charge in [-0.3, -0.25) is 4.79 Å². The summed E-state index contributed by atoms with van der Waals surface area (Å²) in [5.74, 6) is -8.21. The third-order valence-electron chi connectivity index (χ3n) is 2.91. The average Bonchev–Trinajstić information content (AvgIpc) is 3.02. The van der Waals surface area contributed by atoms with E-state index < -0.39 is 41.5 Å². The minimum Gasteiger partial charge on any atom is -0.479 e. The lowest BCUT2D eigenvalue weighted by molar-refractivity contribution is 0.0905. The van der Waals surface area contributed by atoms with Gasteiger partial charge in [-0.1, -0.05) is 0 Å². The first-order valence-corrected chi connectivity index (χ1v) is 6.75. The Kier molecular flexibility index (Phi) is 5.80. The van der Waals surface area contributed by atoms with Gasteiger partial charge >= 0.3 is 0 Å². The van der Waals surface area contributed by atoms with E-state index in [4.69, 9.17) is 13.9 Å². The van der Waals surface area contributed by atoms with Crippen molar-refractivity contribution in [2.24, 2.45) is 0 Å². The van der Waals surface area contributed by atoms with Gasteiger partial charge < -0.3 is 19.2 Å². The van der Waals surface area contributed by atoms with E-state index in [0.29, 0.717) is 6.61 Å². The van der Waals surface area contributed by atoms with Crippen molar-refractivity contribution in [3.05, 3.63) is 53.0 Å². The molecule has 1 amide bonds. The molecular weight excluding hydrogens is 334 g/mol. The number of hydrogen-bond donors (Lipinski definition) is 1. The summed E-state index contributed by atoms with van der Waals surface area (Å²) < 4.78 is 67.6. The number of hydrogen-bond acceptors (Lipinski definition) is 4. The van der Waals surface area contributed by atoms with E-state index in [0.717, 1.165) is 0 Å². The Morgan fingerprint density at radius 3 is 2.46 bits per heavy atom. The van der Waals surface area contributed by atoms with Gasteiger partial charge in [0.2, 0.25) is 11.6 Å². The zero-order valence-electron chi connectivity index (χ0n) is 12.5. The predicted octanol–water partition coefficient (Wildman–Crippen LogP) is 2.79. The Hall–Kier alpha value is -2.55. The lowest BCUT2D eigenvalue weighted by Crippen LogP contribution is -2.26. The molecule has 0 spiro atoms. The van der Waals surface area contributed by atoms with Gasteiger partial charge in [0, 0.05) is 19.7 Å². The van der Waals surface area contributed by atoms with Crippen molar-refractivity contribution in [1.82, 2.24) is 5.32 Å². The maximum absolute atomic E-state index is 13.4. The molecule has 1 aromatic carbocycles. The molecule has 5 nitrogen and oxygen atoms in total. The fourth-order valence-corrected chi connectivity index (χ4v) is 1.75. The molecule has 0 aliphatic rings. The number of benzene rings is 1. The van der Waals surface area contributed by atoms with Crippen LogP contribution >= 0.6 is 0 Å². The molecule has 1 heterocycles. The summed E-state index contributed by atoms with van der Waals surface area (Å²) >= 11 is 0. The predicted molar refractivity (Wildman–Crippen MR) is 73.5 cm³/mol. The molecule has 0 saturated heterocycles. The molecule has 9 heteroatoms. The van der Waals surface area contributed by atoms with Crippen LogP contribution in [0.3, 0.4) is 0 Å². The van der Waals surface area contributed by atoms with Gasteiger partial charge in [-0.25, -0.2) is 8.78 Å². The standard InChI is InChI=1S/C15H13F4NO4/c1-22-5-4-20-15(21)11-3-2-8(24-11)7-23-14-12(18)9(16)6-10(17)13(14)19/h2-3,6H,4-5,7H2,1H3,(H,20,21). The number of methoxy groups -OCH3 is 1. The van der Waals surface area contributed by atoms with Crippen LogP contribution in [0.4, 0.5) is 17.6 Å². The highest BCUT2D eigenvalue weighted by molar-refractivity contribution is 5.91. The molecule has 0 aliphatic carbocycles. The number of furan rings is 1. The molecule has 0 saturated carbocycles. The van der Waals surface area contributed by atoms with Crippen LogP contribution in [0.2, 0.25) is 0 Å². The van der Waals surface area contributed by atoms with Gasteiger partial charge in [0.05, 0.1) is 6.61 Å². The Labute approximate surface area is 134 Å². The minimum atomic E-state index is -1.65. The van der Waals surface area contributed by atoms with Crippen LogP contribution < -0.4 is 10.1 Å². The maximum atomic E-state index is 13.4. The van der Waals surface area contributed by atoms with E-state index >= 15 is 0 Å². The monoisotopic (exact) mass is 347 g/mol. The van der Waals surface area contributed by atoms with Gasteiger partial charge in [-0.2, -0.15) is 8.78 Å². The SMILES string of the molecule is COCCNC(=O)c1ccc(COc2c(F)c(F)cc(F)c2F)o1. The molecule has 0 bridgehead atoms. The number of ether oxygens (including phenoxy) is 2. The van der Waals surface area contributed by atoms with E-state index in [2.05, 4.69) is 5.32 Å². The van der Waals surface area contributed by atoms with E-state index in [1.807, 2.05) is 0 Å².